The molecule has 4 aliphatic heterocycles. The number of aryl methyl sites for hydroxylation is 2. The fourth-order valence-electron chi connectivity index (χ4n) is 4.91. The summed E-state index contributed by atoms with van der Waals surface area (Å²) >= 11 is 1.74. The molecule has 0 unspecified atom stereocenters. The Morgan fingerprint density at radius 2 is 1.78 bits per heavy atom. The monoisotopic (exact) mass is 503 g/mol. The van der Waals surface area contributed by atoms with Gasteiger partial charge in [0.25, 0.3) is 5.97 Å². The van der Waals surface area contributed by atoms with Gasteiger partial charge in [-0.1, -0.05) is 30.9 Å². The second-order valence-electron chi connectivity index (χ2n) is 10.0. The van der Waals surface area contributed by atoms with E-state index in [9.17, 15) is 0 Å². The third kappa shape index (κ3) is 3.81. The molecule has 0 radical (unpaired) electrons. The maximum Gasteiger partial charge on any atom is 0.285 e. The van der Waals surface area contributed by atoms with Crippen LogP contribution in [0.2, 0.25) is 0 Å². The van der Waals surface area contributed by atoms with Gasteiger partial charge in [-0.15, -0.1) is 21.5 Å². The first-order chi connectivity index (χ1) is 17.3. The zero-order valence-electron chi connectivity index (χ0n) is 20.9. The summed E-state index contributed by atoms with van der Waals surface area (Å²) < 4.78 is 20.5. The molecule has 0 amide bonds. The number of hydrogen-bond acceptors (Lipinski definition) is 8. The van der Waals surface area contributed by atoms with E-state index in [0.29, 0.717) is 32.8 Å². The lowest BCUT2D eigenvalue weighted by Gasteiger charge is -2.50. The average Bonchev–Trinajstić information content (AvgIpc) is 3.36. The molecule has 186 valence electrons. The van der Waals surface area contributed by atoms with E-state index >= 15 is 0 Å². The van der Waals surface area contributed by atoms with E-state index in [4.69, 9.17) is 24.9 Å². The van der Waals surface area contributed by atoms with Crippen LogP contribution in [-0.2, 0) is 14.2 Å². The van der Waals surface area contributed by atoms with E-state index in [0.717, 1.165) is 39.1 Å². The number of hydrogen-bond donors (Lipinski definition) is 1. The number of benzene rings is 1. The van der Waals surface area contributed by atoms with Crippen LogP contribution >= 0.6 is 11.3 Å². The smallest absolute Gasteiger partial charge is 0.285 e. The van der Waals surface area contributed by atoms with Crippen molar-refractivity contribution in [2.45, 2.75) is 46.1 Å². The summed E-state index contributed by atoms with van der Waals surface area (Å²) in [5.41, 5.74) is 10.6. The minimum Gasteiger partial charge on any atom is -0.327 e. The molecule has 9 heteroatoms. The first kappa shape index (κ1) is 23.5. The zero-order valence-corrected chi connectivity index (χ0v) is 21.7. The standard InChI is InChI=1S/C27H29N5O3S/c1-16-17(2)36-25-22(16)23(20-9-7-19(8-10-20)6-5-11-28)29-21(24-31-30-18(3)32(24)25)12-27-33-13-26(4,14-34-27)15-35-27/h7-10,21H,11-15,28H2,1-4H3/t21-,26?,27?/m0/s1. The molecule has 4 aliphatic rings. The molecule has 0 aliphatic carbocycles. The van der Waals surface area contributed by atoms with E-state index in [2.05, 4.69) is 59.5 Å². The molecule has 2 bridgehead atoms. The Bertz CT molecular complexity index is 1400. The molecular formula is C27H29N5O3S. The van der Waals surface area contributed by atoms with E-state index in [1.165, 1.54) is 10.4 Å². The molecule has 6 heterocycles. The summed E-state index contributed by atoms with van der Waals surface area (Å²) in [5, 5.41) is 10.1. The highest BCUT2D eigenvalue weighted by molar-refractivity contribution is 7.15. The summed E-state index contributed by atoms with van der Waals surface area (Å²) in [6.07, 6.45) is 0.387. The molecule has 3 saturated heterocycles. The van der Waals surface area contributed by atoms with Crippen LogP contribution in [0.4, 0.5) is 0 Å². The van der Waals surface area contributed by atoms with E-state index in [1.807, 2.05) is 19.1 Å². The van der Waals surface area contributed by atoms with Gasteiger partial charge in [0, 0.05) is 27.0 Å². The van der Waals surface area contributed by atoms with E-state index in [-0.39, 0.29) is 11.5 Å². The summed E-state index contributed by atoms with van der Waals surface area (Å²) in [6.45, 7) is 10.5. The van der Waals surface area contributed by atoms with Gasteiger partial charge in [0.1, 0.15) is 16.9 Å². The first-order valence-electron chi connectivity index (χ1n) is 12.1. The van der Waals surface area contributed by atoms with Crippen molar-refractivity contribution >= 4 is 17.0 Å². The summed E-state index contributed by atoms with van der Waals surface area (Å²) in [7, 11) is 0. The van der Waals surface area contributed by atoms with Gasteiger partial charge in [-0.25, -0.2) is 0 Å². The number of rotatable bonds is 3. The van der Waals surface area contributed by atoms with Gasteiger partial charge in [0.05, 0.1) is 38.5 Å². The number of ether oxygens (including phenoxy) is 3. The quantitative estimate of drug-likeness (QED) is 0.549. The minimum absolute atomic E-state index is 0.108. The third-order valence-corrected chi connectivity index (χ3v) is 8.29. The van der Waals surface area contributed by atoms with Gasteiger partial charge < -0.3 is 19.9 Å². The molecule has 7 rings (SSSR count). The van der Waals surface area contributed by atoms with Crippen molar-refractivity contribution in [3.05, 3.63) is 63.0 Å². The topological polar surface area (TPSA) is 96.8 Å². The fraction of sp³-hybridized carbons (Fsp3) is 0.444. The van der Waals surface area contributed by atoms with Crippen molar-refractivity contribution in [2.24, 2.45) is 16.1 Å². The maximum absolute atomic E-state index is 6.13. The number of thiophene rings is 1. The van der Waals surface area contributed by atoms with Crippen molar-refractivity contribution in [1.82, 2.24) is 14.8 Å². The molecule has 2 aromatic heterocycles. The van der Waals surface area contributed by atoms with Crippen LogP contribution in [0.3, 0.4) is 0 Å². The van der Waals surface area contributed by atoms with Crippen LogP contribution < -0.4 is 5.73 Å². The third-order valence-electron chi connectivity index (χ3n) is 7.10. The summed E-state index contributed by atoms with van der Waals surface area (Å²) in [6, 6.07) is 7.79. The Morgan fingerprint density at radius 1 is 1.08 bits per heavy atom. The summed E-state index contributed by atoms with van der Waals surface area (Å²) in [5.74, 6) is 6.46. The second-order valence-corrected chi connectivity index (χ2v) is 11.2. The second kappa shape index (κ2) is 8.61. The van der Waals surface area contributed by atoms with Crippen molar-refractivity contribution in [3.63, 3.8) is 0 Å². The van der Waals surface area contributed by atoms with Crippen molar-refractivity contribution in [2.75, 3.05) is 26.4 Å². The number of nitrogens with two attached hydrogens (primary N) is 1. The van der Waals surface area contributed by atoms with Gasteiger partial charge >= 0.3 is 0 Å². The molecule has 1 atom stereocenters. The van der Waals surface area contributed by atoms with Crippen LogP contribution in [0.15, 0.2) is 29.3 Å². The molecule has 2 N–H and O–H groups in total. The lowest BCUT2D eigenvalue weighted by atomic mass is 9.91. The Labute approximate surface area is 214 Å². The molecule has 1 aromatic carbocycles. The van der Waals surface area contributed by atoms with Gasteiger partial charge in [-0.2, -0.15) is 0 Å². The van der Waals surface area contributed by atoms with Gasteiger partial charge in [0.2, 0.25) is 0 Å². The molecule has 0 saturated carbocycles. The number of aliphatic imine (C=N–C) groups is 1. The first-order valence-corrected chi connectivity index (χ1v) is 12.9. The summed E-state index contributed by atoms with van der Waals surface area (Å²) in [4.78, 5) is 6.57. The molecule has 3 fully saturated rings. The highest BCUT2D eigenvalue weighted by atomic mass is 32.1. The zero-order chi connectivity index (χ0) is 25.1. The largest absolute Gasteiger partial charge is 0.327 e. The van der Waals surface area contributed by atoms with Crippen LogP contribution in [0, 0.1) is 38.0 Å². The average molecular weight is 504 g/mol. The molecule has 36 heavy (non-hydrogen) atoms. The predicted octanol–water partition coefficient (Wildman–Crippen LogP) is 3.58. The molecule has 0 spiro atoms. The highest BCUT2D eigenvalue weighted by Gasteiger charge is 2.52. The van der Waals surface area contributed by atoms with Gasteiger partial charge in [0.15, 0.2) is 5.82 Å². The molecule has 3 aromatic rings. The fourth-order valence-corrected chi connectivity index (χ4v) is 6.12. The minimum atomic E-state index is -1.13. The molecule has 8 nitrogen and oxygen atoms in total. The Balaban J connectivity index is 1.49. The normalized spacial score (nSPS) is 26.5. The maximum atomic E-state index is 6.13. The van der Waals surface area contributed by atoms with Crippen LogP contribution in [-0.4, -0.2) is 52.8 Å². The van der Waals surface area contributed by atoms with Crippen LogP contribution in [0.1, 0.15) is 58.2 Å². The van der Waals surface area contributed by atoms with Gasteiger partial charge in [-0.05, 0) is 38.5 Å². The van der Waals surface area contributed by atoms with Crippen LogP contribution in [0.5, 0.6) is 0 Å². The van der Waals surface area contributed by atoms with Crippen LogP contribution in [0.25, 0.3) is 5.00 Å². The number of aromatic nitrogens is 3. The SMILES string of the molecule is Cc1sc2c(c1C)C(c1ccc(C#CCN)cc1)=N[C@@H](CC13OCC(C)(CO1)CO3)c1nnc(C)n1-2. The van der Waals surface area contributed by atoms with E-state index < -0.39 is 5.97 Å². The number of nitrogens with zero attached hydrogens (tertiary/aromatic N) is 4. The Hall–Kier alpha value is -2.87. The Morgan fingerprint density at radius 3 is 2.44 bits per heavy atom. The van der Waals surface area contributed by atoms with Crippen molar-refractivity contribution < 1.29 is 14.2 Å². The highest BCUT2D eigenvalue weighted by Crippen LogP contribution is 2.45. The van der Waals surface area contributed by atoms with Crippen molar-refractivity contribution in [3.8, 4) is 16.8 Å². The van der Waals surface area contributed by atoms with Crippen molar-refractivity contribution in [1.29, 1.82) is 0 Å². The van der Waals surface area contributed by atoms with Gasteiger partial charge in [-0.3, -0.25) is 9.56 Å². The molecular weight excluding hydrogens is 474 g/mol. The number of fused-ring (bicyclic) bond motifs is 6. The Kier molecular flexibility index (Phi) is 5.63. The lowest BCUT2D eigenvalue weighted by Crippen LogP contribution is -2.59. The lowest BCUT2D eigenvalue weighted by molar-refractivity contribution is -0.468. The van der Waals surface area contributed by atoms with E-state index in [1.54, 1.807) is 11.3 Å². The predicted molar refractivity (Wildman–Crippen MR) is 138 cm³/mol.